The van der Waals surface area contributed by atoms with Crippen molar-refractivity contribution in [1.29, 1.82) is 0 Å². The van der Waals surface area contributed by atoms with Crippen molar-refractivity contribution in [1.82, 2.24) is 5.32 Å². The van der Waals surface area contributed by atoms with Crippen LogP contribution in [0.15, 0.2) is 18.2 Å². The maximum absolute atomic E-state index is 11.9. The van der Waals surface area contributed by atoms with Crippen molar-refractivity contribution in [3.8, 4) is 0 Å². The normalized spacial score (nSPS) is 10.7. The Hall–Kier alpha value is -1.55. The molecule has 0 aliphatic heterocycles. The molecular formula is C15H24N2O2. The minimum Gasteiger partial charge on any atom is -0.399 e. The molecule has 0 aliphatic rings. The average molecular weight is 264 g/mol. The van der Waals surface area contributed by atoms with Crippen LogP contribution < -0.4 is 11.1 Å². The molecule has 0 fully saturated rings. The van der Waals surface area contributed by atoms with E-state index in [1.165, 1.54) is 0 Å². The predicted molar refractivity (Wildman–Crippen MR) is 78.2 cm³/mol. The van der Waals surface area contributed by atoms with Gasteiger partial charge in [-0.15, -0.1) is 0 Å². The van der Waals surface area contributed by atoms with Crippen LogP contribution in [0.4, 0.5) is 5.69 Å². The molecule has 0 radical (unpaired) electrons. The molecule has 0 aromatic heterocycles. The summed E-state index contributed by atoms with van der Waals surface area (Å²) in [4.78, 5) is 11.9. The molecular weight excluding hydrogens is 240 g/mol. The van der Waals surface area contributed by atoms with Gasteiger partial charge in [0.05, 0.1) is 6.10 Å². The van der Waals surface area contributed by atoms with Crippen LogP contribution in [-0.4, -0.2) is 25.2 Å². The number of rotatable bonds is 7. The Kier molecular flexibility index (Phi) is 6.36. The molecule has 4 heteroatoms. The van der Waals surface area contributed by atoms with Gasteiger partial charge in [-0.1, -0.05) is 0 Å². The lowest BCUT2D eigenvalue weighted by Crippen LogP contribution is -2.24. The lowest BCUT2D eigenvalue weighted by molar-refractivity contribution is 0.0754. The molecule has 0 atom stereocenters. The molecule has 106 valence electrons. The molecule has 0 bridgehead atoms. The molecule has 1 amide bonds. The van der Waals surface area contributed by atoms with Crippen LogP contribution in [0.3, 0.4) is 0 Å². The maximum atomic E-state index is 11.9. The van der Waals surface area contributed by atoms with E-state index >= 15 is 0 Å². The Morgan fingerprint density at radius 3 is 2.74 bits per heavy atom. The quantitative estimate of drug-likeness (QED) is 0.587. The molecule has 0 spiro atoms. The summed E-state index contributed by atoms with van der Waals surface area (Å²) < 4.78 is 5.44. The first-order valence-corrected chi connectivity index (χ1v) is 6.76. The van der Waals surface area contributed by atoms with E-state index in [0.29, 0.717) is 17.8 Å². The second kappa shape index (κ2) is 7.79. The fraction of sp³-hybridized carbons (Fsp3) is 0.533. The Labute approximate surface area is 115 Å². The van der Waals surface area contributed by atoms with Crippen molar-refractivity contribution in [2.24, 2.45) is 0 Å². The summed E-state index contributed by atoms with van der Waals surface area (Å²) in [5.41, 5.74) is 8.02. The summed E-state index contributed by atoms with van der Waals surface area (Å²) in [6.45, 7) is 7.35. The predicted octanol–water partition coefficient (Wildman–Crippen LogP) is 2.51. The monoisotopic (exact) mass is 264 g/mol. The number of nitrogens with two attached hydrogens (primary N) is 1. The standard InChI is InChI=1S/C15H24N2O2/c1-11(2)19-9-5-4-8-17-15(18)13-6-7-14(16)12(3)10-13/h6-7,10-11H,4-5,8-9,16H2,1-3H3,(H,17,18). The molecule has 4 nitrogen and oxygen atoms in total. The van der Waals surface area contributed by atoms with Gasteiger partial charge in [0, 0.05) is 24.4 Å². The fourth-order valence-corrected chi connectivity index (χ4v) is 1.67. The van der Waals surface area contributed by atoms with Gasteiger partial charge in [-0.05, 0) is 57.4 Å². The number of ether oxygens (including phenoxy) is 1. The second-order valence-electron chi connectivity index (χ2n) is 4.95. The van der Waals surface area contributed by atoms with Crippen LogP contribution in [-0.2, 0) is 4.74 Å². The second-order valence-corrected chi connectivity index (χ2v) is 4.95. The first-order chi connectivity index (χ1) is 9.00. The molecule has 1 aromatic carbocycles. The van der Waals surface area contributed by atoms with Gasteiger partial charge in [-0.2, -0.15) is 0 Å². The Balaban J connectivity index is 2.26. The van der Waals surface area contributed by atoms with E-state index in [0.717, 1.165) is 25.0 Å². The summed E-state index contributed by atoms with van der Waals surface area (Å²) >= 11 is 0. The van der Waals surface area contributed by atoms with Gasteiger partial charge in [-0.25, -0.2) is 0 Å². The molecule has 0 saturated heterocycles. The lowest BCUT2D eigenvalue weighted by Gasteiger charge is -2.08. The average Bonchev–Trinajstić information content (AvgIpc) is 2.36. The highest BCUT2D eigenvalue weighted by molar-refractivity contribution is 5.94. The van der Waals surface area contributed by atoms with Crippen LogP contribution in [0.5, 0.6) is 0 Å². The van der Waals surface area contributed by atoms with Crippen LogP contribution in [0.1, 0.15) is 42.6 Å². The Morgan fingerprint density at radius 2 is 2.11 bits per heavy atom. The molecule has 19 heavy (non-hydrogen) atoms. The van der Waals surface area contributed by atoms with E-state index in [-0.39, 0.29) is 12.0 Å². The molecule has 0 saturated carbocycles. The number of carbonyl (C=O) groups is 1. The van der Waals surface area contributed by atoms with Gasteiger partial charge in [0.15, 0.2) is 0 Å². The zero-order valence-electron chi connectivity index (χ0n) is 12.0. The highest BCUT2D eigenvalue weighted by atomic mass is 16.5. The van der Waals surface area contributed by atoms with Crippen LogP contribution in [0.25, 0.3) is 0 Å². The highest BCUT2D eigenvalue weighted by Gasteiger charge is 2.05. The number of nitrogens with one attached hydrogen (secondary N) is 1. The van der Waals surface area contributed by atoms with Gasteiger partial charge in [-0.3, -0.25) is 4.79 Å². The largest absolute Gasteiger partial charge is 0.399 e. The van der Waals surface area contributed by atoms with E-state index in [1.54, 1.807) is 12.1 Å². The number of anilines is 1. The number of benzene rings is 1. The summed E-state index contributed by atoms with van der Waals surface area (Å²) in [5, 5.41) is 2.90. The van der Waals surface area contributed by atoms with E-state index in [2.05, 4.69) is 5.32 Å². The number of aryl methyl sites for hydroxylation is 1. The van der Waals surface area contributed by atoms with E-state index in [4.69, 9.17) is 10.5 Å². The first kappa shape index (κ1) is 15.5. The highest BCUT2D eigenvalue weighted by Crippen LogP contribution is 2.12. The summed E-state index contributed by atoms with van der Waals surface area (Å²) in [6, 6.07) is 5.33. The summed E-state index contributed by atoms with van der Waals surface area (Å²) in [7, 11) is 0. The van der Waals surface area contributed by atoms with Crippen molar-refractivity contribution in [2.45, 2.75) is 39.7 Å². The number of amides is 1. The molecule has 0 unspecified atom stereocenters. The van der Waals surface area contributed by atoms with Crippen molar-refractivity contribution >= 4 is 11.6 Å². The molecule has 1 aromatic rings. The summed E-state index contributed by atoms with van der Waals surface area (Å²) in [6.07, 6.45) is 2.15. The molecule has 3 N–H and O–H groups in total. The van der Waals surface area contributed by atoms with E-state index in [9.17, 15) is 4.79 Å². The van der Waals surface area contributed by atoms with Gasteiger partial charge >= 0.3 is 0 Å². The lowest BCUT2D eigenvalue weighted by atomic mass is 10.1. The van der Waals surface area contributed by atoms with Gasteiger partial charge in [0.1, 0.15) is 0 Å². The number of unbranched alkanes of at least 4 members (excludes halogenated alkanes) is 1. The minimum absolute atomic E-state index is 0.0483. The van der Waals surface area contributed by atoms with Crippen LogP contribution in [0, 0.1) is 6.92 Å². The van der Waals surface area contributed by atoms with Gasteiger partial charge in [0.2, 0.25) is 0 Å². The van der Waals surface area contributed by atoms with Crippen molar-refractivity contribution in [3.63, 3.8) is 0 Å². The van der Waals surface area contributed by atoms with Crippen molar-refractivity contribution in [2.75, 3.05) is 18.9 Å². The van der Waals surface area contributed by atoms with Crippen molar-refractivity contribution in [3.05, 3.63) is 29.3 Å². The SMILES string of the molecule is Cc1cc(C(=O)NCCCCOC(C)C)ccc1N. The van der Waals surface area contributed by atoms with Gasteiger partial charge in [0.25, 0.3) is 5.91 Å². The Bertz CT molecular complexity index is 417. The minimum atomic E-state index is -0.0483. The zero-order chi connectivity index (χ0) is 14.3. The number of nitrogen functional groups attached to an aromatic ring is 1. The topological polar surface area (TPSA) is 64.3 Å². The number of hydrogen-bond donors (Lipinski definition) is 2. The molecule has 0 aliphatic carbocycles. The third-order valence-electron chi connectivity index (χ3n) is 2.84. The van der Waals surface area contributed by atoms with Crippen LogP contribution >= 0.6 is 0 Å². The number of hydrogen-bond acceptors (Lipinski definition) is 3. The maximum Gasteiger partial charge on any atom is 0.251 e. The smallest absolute Gasteiger partial charge is 0.251 e. The van der Waals surface area contributed by atoms with Gasteiger partial charge < -0.3 is 15.8 Å². The molecule has 0 heterocycles. The third-order valence-corrected chi connectivity index (χ3v) is 2.84. The van der Waals surface area contributed by atoms with E-state index < -0.39 is 0 Å². The molecule has 1 rings (SSSR count). The number of carbonyl (C=O) groups excluding carboxylic acids is 1. The fourth-order valence-electron chi connectivity index (χ4n) is 1.67. The van der Waals surface area contributed by atoms with E-state index in [1.807, 2.05) is 26.8 Å². The summed E-state index contributed by atoms with van der Waals surface area (Å²) in [5.74, 6) is -0.0483. The Morgan fingerprint density at radius 1 is 1.37 bits per heavy atom. The third kappa shape index (κ3) is 5.75. The first-order valence-electron chi connectivity index (χ1n) is 6.76. The van der Waals surface area contributed by atoms with Crippen molar-refractivity contribution < 1.29 is 9.53 Å². The van der Waals surface area contributed by atoms with Crippen LogP contribution in [0.2, 0.25) is 0 Å². The zero-order valence-corrected chi connectivity index (χ0v) is 12.0.